The summed E-state index contributed by atoms with van der Waals surface area (Å²) in [5.74, 6) is 0.748. The molecule has 1 heterocycles. The van der Waals surface area contributed by atoms with Crippen LogP contribution < -0.4 is 5.32 Å². The number of nitrogens with zero attached hydrogens (tertiary/aromatic N) is 1. The van der Waals surface area contributed by atoms with Gasteiger partial charge >= 0.3 is 5.97 Å². The predicted octanol–water partition coefficient (Wildman–Crippen LogP) is -0.375. The van der Waals surface area contributed by atoms with Crippen LogP contribution >= 0.6 is 11.8 Å². The zero-order valence-corrected chi connectivity index (χ0v) is 9.55. The van der Waals surface area contributed by atoms with Gasteiger partial charge in [0.1, 0.15) is 6.04 Å². The van der Waals surface area contributed by atoms with Crippen molar-refractivity contribution in [2.75, 3.05) is 31.1 Å². The summed E-state index contributed by atoms with van der Waals surface area (Å²) in [6.07, 6.45) is 0. The first kappa shape index (κ1) is 12.3. The van der Waals surface area contributed by atoms with E-state index in [0.717, 1.165) is 12.3 Å². The third-order valence-electron chi connectivity index (χ3n) is 2.30. The van der Waals surface area contributed by atoms with Gasteiger partial charge in [-0.05, 0) is 0 Å². The Morgan fingerprint density at radius 2 is 2.33 bits per heavy atom. The lowest BCUT2D eigenvalue weighted by Crippen LogP contribution is -2.49. The summed E-state index contributed by atoms with van der Waals surface area (Å²) in [6, 6.07) is -0.405. The lowest BCUT2D eigenvalue weighted by atomic mass is 10.2. The summed E-state index contributed by atoms with van der Waals surface area (Å²) in [5.41, 5.74) is 0. The molecule has 1 amide bonds. The van der Waals surface area contributed by atoms with Crippen molar-refractivity contribution in [1.29, 1.82) is 0 Å². The molecule has 86 valence electrons. The Hall–Kier alpha value is -0.750. The number of hydrogen-bond acceptors (Lipinski definition) is 4. The van der Waals surface area contributed by atoms with E-state index in [1.54, 1.807) is 11.8 Å². The minimum Gasteiger partial charge on any atom is -0.480 e. The molecule has 0 aliphatic carbocycles. The van der Waals surface area contributed by atoms with Crippen LogP contribution in [-0.2, 0) is 9.59 Å². The fourth-order valence-corrected chi connectivity index (χ4v) is 2.62. The van der Waals surface area contributed by atoms with Crippen LogP contribution in [0.25, 0.3) is 0 Å². The van der Waals surface area contributed by atoms with E-state index in [9.17, 15) is 9.59 Å². The number of rotatable bonds is 4. The maximum atomic E-state index is 10.9. The Morgan fingerprint density at radius 3 is 2.93 bits per heavy atom. The lowest BCUT2D eigenvalue weighted by Gasteiger charge is -2.32. The molecule has 2 N–H and O–H groups in total. The van der Waals surface area contributed by atoms with Gasteiger partial charge in [-0.3, -0.25) is 14.5 Å². The van der Waals surface area contributed by atoms with Crippen LogP contribution in [0.5, 0.6) is 0 Å². The van der Waals surface area contributed by atoms with Crippen molar-refractivity contribution in [3.8, 4) is 0 Å². The van der Waals surface area contributed by atoms with E-state index in [4.69, 9.17) is 5.11 Å². The largest absolute Gasteiger partial charge is 0.480 e. The maximum Gasteiger partial charge on any atom is 0.321 e. The van der Waals surface area contributed by atoms with Gasteiger partial charge in [-0.25, -0.2) is 0 Å². The second-order valence-corrected chi connectivity index (χ2v) is 4.60. The number of carboxylic acid groups (broad SMARTS) is 1. The highest BCUT2D eigenvalue weighted by Crippen LogP contribution is 2.15. The zero-order valence-electron chi connectivity index (χ0n) is 8.73. The molecular weight excluding hydrogens is 216 g/mol. The average molecular weight is 232 g/mol. The van der Waals surface area contributed by atoms with Gasteiger partial charge in [0.05, 0.1) is 0 Å². The van der Waals surface area contributed by atoms with Crippen molar-refractivity contribution in [2.24, 2.45) is 0 Å². The van der Waals surface area contributed by atoms with Gasteiger partial charge in [-0.15, -0.1) is 0 Å². The molecule has 1 saturated heterocycles. The van der Waals surface area contributed by atoms with E-state index in [1.165, 1.54) is 6.92 Å². The number of hydrogen-bond donors (Lipinski definition) is 2. The Kier molecular flexibility index (Phi) is 4.90. The molecule has 5 nitrogen and oxygen atoms in total. The summed E-state index contributed by atoms with van der Waals surface area (Å²) in [7, 11) is 0. The number of amides is 1. The average Bonchev–Trinajstić information content (AvgIpc) is 2.17. The molecule has 1 aliphatic heterocycles. The van der Waals surface area contributed by atoms with Crippen molar-refractivity contribution < 1.29 is 14.7 Å². The van der Waals surface area contributed by atoms with E-state index in [0.29, 0.717) is 18.8 Å². The molecule has 0 spiro atoms. The summed E-state index contributed by atoms with van der Waals surface area (Å²) >= 11 is 1.67. The van der Waals surface area contributed by atoms with Gasteiger partial charge in [0.15, 0.2) is 0 Å². The van der Waals surface area contributed by atoms with E-state index in [-0.39, 0.29) is 5.91 Å². The quantitative estimate of drug-likeness (QED) is 0.692. The first-order valence-corrected chi connectivity index (χ1v) is 6.06. The summed E-state index contributed by atoms with van der Waals surface area (Å²) in [5, 5.41) is 11.6. The predicted molar refractivity (Wildman–Crippen MR) is 59.0 cm³/mol. The highest BCUT2D eigenvalue weighted by molar-refractivity contribution is 7.99. The van der Waals surface area contributed by atoms with Gasteiger partial charge in [-0.2, -0.15) is 11.8 Å². The smallest absolute Gasteiger partial charge is 0.321 e. The van der Waals surface area contributed by atoms with Gasteiger partial charge in [0, 0.05) is 38.1 Å². The molecule has 1 fully saturated rings. The standard InChI is InChI=1S/C9H16N2O3S/c1-7(12)10-2-3-11-4-5-15-6-8(11)9(13)14/h8H,2-6H2,1H3,(H,10,12)(H,13,14). The summed E-state index contributed by atoms with van der Waals surface area (Å²) in [6.45, 7) is 3.36. The SMILES string of the molecule is CC(=O)NCCN1CCSCC1C(=O)O. The molecule has 1 aliphatic rings. The van der Waals surface area contributed by atoms with Crippen molar-refractivity contribution in [3.05, 3.63) is 0 Å². The van der Waals surface area contributed by atoms with E-state index in [2.05, 4.69) is 5.32 Å². The van der Waals surface area contributed by atoms with Crippen LogP contribution in [0.4, 0.5) is 0 Å². The number of carboxylic acids is 1. The van der Waals surface area contributed by atoms with E-state index >= 15 is 0 Å². The lowest BCUT2D eigenvalue weighted by molar-refractivity contribution is -0.142. The monoisotopic (exact) mass is 232 g/mol. The molecule has 1 unspecified atom stereocenters. The molecule has 6 heteroatoms. The molecule has 0 aromatic rings. The third kappa shape index (κ3) is 4.09. The summed E-state index contributed by atoms with van der Waals surface area (Å²) < 4.78 is 0. The Balaban J connectivity index is 2.36. The first-order valence-electron chi connectivity index (χ1n) is 4.90. The van der Waals surface area contributed by atoms with Crippen LogP contribution in [0, 0.1) is 0 Å². The highest BCUT2D eigenvalue weighted by atomic mass is 32.2. The number of thioether (sulfide) groups is 1. The molecule has 0 radical (unpaired) electrons. The molecular formula is C9H16N2O3S. The fourth-order valence-electron chi connectivity index (χ4n) is 1.51. The number of nitrogens with one attached hydrogen (secondary N) is 1. The second kappa shape index (κ2) is 5.97. The number of carbonyl (C=O) groups excluding carboxylic acids is 1. The van der Waals surface area contributed by atoms with E-state index < -0.39 is 12.0 Å². The molecule has 0 aromatic carbocycles. The molecule has 15 heavy (non-hydrogen) atoms. The Bertz CT molecular complexity index is 248. The Morgan fingerprint density at radius 1 is 1.60 bits per heavy atom. The van der Waals surface area contributed by atoms with Gasteiger partial charge in [0.25, 0.3) is 0 Å². The minimum atomic E-state index is -0.773. The molecule has 1 atom stereocenters. The summed E-state index contributed by atoms with van der Waals surface area (Å²) in [4.78, 5) is 23.5. The highest BCUT2D eigenvalue weighted by Gasteiger charge is 2.28. The van der Waals surface area contributed by atoms with E-state index in [1.807, 2.05) is 4.90 Å². The van der Waals surface area contributed by atoms with Crippen LogP contribution in [0.2, 0.25) is 0 Å². The zero-order chi connectivity index (χ0) is 11.3. The van der Waals surface area contributed by atoms with Crippen LogP contribution in [0.1, 0.15) is 6.92 Å². The first-order chi connectivity index (χ1) is 7.11. The Labute approximate surface area is 93.2 Å². The molecule has 0 aromatic heterocycles. The number of aliphatic carboxylic acids is 1. The van der Waals surface area contributed by atoms with Crippen LogP contribution in [0.15, 0.2) is 0 Å². The maximum absolute atomic E-state index is 10.9. The number of carbonyl (C=O) groups is 2. The minimum absolute atomic E-state index is 0.0757. The van der Waals surface area contributed by atoms with Crippen molar-refractivity contribution in [2.45, 2.75) is 13.0 Å². The molecule has 0 saturated carbocycles. The van der Waals surface area contributed by atoms with Gasteiger partial charge in [0.2, 0.25) is 5.91 Å². The topological polar surface area (TPSA) is 69.6 Å². The van der Waals surface area contributed by atoms with Crippen LogP contribution in [-0.4, -0.2) is 59.1 Å². The van der Waals surface area contributed by atoms with Gasteiger partial charge in [-0.1, -0.05) is 0 Å². The molecule has 1 rings (SSSR count). The van der Waals surface area contributed by atoms with Crippen molar-refractivity contribution in [1.82, 2.24) is 10.2 Å². The second-order valence-electron chi connectivity index (χ2n) is 3.45. The van der Waals surface area contributed by atoms with Crippen molar-refractivity contribution >= 4 is 23.6 Å². The van der Waals surface area contributed by atoms with Crippen molar-refractivity contribution in [3.63, 3.8) is 0 Å². The fraction of sp³-hybridized carbons (Fsp3) is 0.778. The molecule has 0 bridgehead atoms. The van der Waals surface area contributed by atoms with Crippen LogP contribution in [0.3, 0.4) is 0 Å². The van der Waals surface area contributed by atoms with Gasteiger partial charge < -0.3 is 10.4 Å². The third-order valence-corrected chi connectivity index (χ3v) is 3.32. The normalized spacial score (nSPS) is 22.3.